The van der Waals surface area contributed by atoms with Crippen LogP contribution in [-0.2, 0) is 12.8 Å². The molecule has 1 aromatic carbocycles. The fraction of sp³-hybridized carbons (Fsp3) is 0.462. The molecule has 0 atom stereocenters. The number of aromatic nitrogens is 3. The second-order valence-electron chi connectivity index (χ2n) is 4.38. The Labute approximate surface area is 112 Å². The average Bonchev–Trinajstić information content (AvgIpc) is 2.92. The van der Waals surface area contributed by atoms with Gasteiger partial charge in [0.25, 0.3) is 0 Å². The zero-order valence-electron chi connectivity index (χ0n) is 10.8. The van der Waals surface area contributed by atoms with Gasteiger partial charge in [-0.15, -0.1) is 0 Å². The summed E-state index contributed by atoms with van der Waals surface area (Å²) in [5.41, 5.74) is 2.78. The van der Waals surface area contributed by atoms with Gasteiger partial charge in [0.2, 0.25) is 5.13 Å². The Hall–Kier alpha value is -1.49. The Morgan fingerprint density at radius 3 is 2.33 bits per heavy atom. The molecule has 2 rings (SSSR count). The first-order valence-electron chi connectivity index (χ1n) is 6.23. The smallest absolute Gasteiger partial charge is 0.227 e. The monoisotopic (exact) mass is 262 g/mol. The van der Waals surface area contributed by atoms with E-state index in [1.807, 2.05) is 7.05 Å². The van der Waals surface area contributed by atoms with Gasteiger partial charge in [-0.2, -0.15) is 0 Å². The number of nitrogens with zero attached hydrogens (tertiary/aromatic N) is 4. The number of rotatable bonds is 6. The van der Waals surface area contributed by atoms with Crippen LogP contribution in [0.25, 0.3) is 0 Å². The third-order valence-corrected chi connectivity index (χ3v) is 3.62. The molecule has 18 heavy (non-hydrogen) atoms. The van der Waals surface area contributed by atoms with Crippen molar-refractivity contribution in [3.63, 3.8) is 0 Å². The van der Waals surface area contributed by atoms with E-state index in [2.05, 4.69) is 50.9 Å². The van der Waals surface area contributed by atoms with Crippen molar-refractivity contribution in [2.24, 2.45) is 0 Å². The number of likely N-dealkylation sites (N-methyl/N-ethyl adjacent to an activating group) is 1. The Morgan fingerprint density at radius 2 is 1.78 bits per heavy atom. The first-order chi connectivity index (χ1) is 8.79. The van der Waals surface area contributed by atoms with Gasteiger partial charge < -0.3 is 4.90 Å². The summed E-state index contributed by atoms with van der Waals surface area (Å²) in [6, 6.07) is 8.89. The Balaban J connectivity index is 1.86. The molecule has 0 spiro atoms. The van der Waals surface area contributed by atoms with E-state index in [1.165, 1.54) is 29.1 Å². The number of aryl methyl sites for hydroxylation is 1. The molecule has 1 heterocycles. The van der Waals surface area contributed by atoms with Crippen molar-refractivity contribution in [3.05, 3.63) is 35.4 Å². The highest BCUT2D eigenvalue weighted by Gasteiger charge is 2.05. The van der Waals surface area contributed by atoms with Gasteiger partial charge in [-0.05, 0) is 29.2 Å². The lowest BCUT2D eigenvalue weighted by Crippen LogP contribution is -2.20. The summed E-state index contributed by atoms with van der Waals surface area (Å²) in [5.74, 6) is 0. The zero-order valence-corrected chi connectivity index (χ0v) is 11.7. The van der Waals surface area contributed by atoms with Crippen LogP contribution in [0.2, 0.25) is 0 Å². The summed E-state index contributed by atoms with van der Waals surface area (Å²) >= 11 is 1.33. The van der Waals surface area contributed by atoms with Crippen LogP contribution in [0, 0.1) is 0 Å². The maximum atomic E-state index is 3.95. The number of hydrogen-bond donors (Lipinski definition) is 0. The van der Waals surface area contributed by atoms with E-state index in [4.69, 9.17) is 0 Å². The van der Waals surface area contributed by atoms with Crippen molar-refractivity contribution in [1.82, 2.24) is 14.8 Å². The first kappa shape index (κ1) is 13.0. The van der Waals surface area contributed by atoms with Gasteiger partial charge in [-0.3, -0.25) is 0 Å². The number of hydrogen-bond acceptors (Lipinski definition) is 5. The van der Waals surface area contributed by atoms with Crippen LogP contribution in [0.4, 0.5) is 5.13 Å². The molecule has 4 nitrogen and oxygen atoms in total. The van der Waals surface area contributed by atoms with Crippen molar-refractivity contribution in [2.75, 3.05) is 18.5 Å². The predicted molar refractivity (Wildman–Crippen MR) is 75.1 cm³/mol. The maximum Gasteiger partial charge on any atom is 0.227 e. The topological polar surface area (TPSA) is 41.9 Å². The van der Waals surface area contributed by atoms with Crippen molar-refractivity contribution >= 4 is 16.7 Å². The second-order valence-corrected chi connectivity index (χ2v) is 5.09. The molecule has 0 aliphatic rings. The standard InChI is InChI=1S/C13H18N4S/c1-3-4-11-5-7-12(8-6-11)9-10-17(2)13-14-15-16-18-13/h5-8H,3-4,9-10H2,1-2H3. The molecule has 1 aromatic heterocycles. The molecule has 0 saturated heterocycles. The van der Waals surface area contributed by atoms with E-state index in [9.17, 15) is 0 Å². The molecule has 0 aliphatic heterocycles. The summed E-state index contributed by atoms with van der Waals surface area (Å²) in [4.78, 5) is 2.09. The van der Waals surface area contributed by atoms with Crippen molar-refractivity contribution in [1.29, 1.82) is 0 Å². The highest BCUT2D eigenvalue weighted by Crippen LogP contribution is 2.12. The highest BCUT2D eigenvalue weighted by atomic mass is 32.1. The molecular weight excluding hydrogens is 244 g/mol. The van der Waals surface area contributed by atoms with Crippen LogP contribution >= 0.6 is 11.5 Å². The third kappa shape index (κ3) is 3.50. The van der Waals surface area contributed by atoms with E-state index in [1.54, 1.807) is 0 Å². The van der Waals surface area contributed by atoms with Crippen molar-refractivity contribution < 1.29 is 0 Å². The third-order valence-electron chi connectivity index (χ3n) is 2.91. The SMILES string of the molecule is CCCc1ccc(CCN(C)c2nnns2)cc1. The molecule has 0 saturated carbocycles. The summed E-state index contributed by atoms with van der Waals surface area (Å²) in [7, 11) is 2.02. The van der Waals surface area contributed by atoms with Crippen LogP contribution in [-0.4, -0.2) is 28.4 Å². The molecule has 0 fully saturated rings. The van der Waals surface area contributed by atoms with E-state index in [0.717, 1.165) is 24.5 Å². The van der Waals surface area contributed by atoms with Gasteiger partial charge in [0.1, 0.15) is 0 Å². The minimum absolute atomic E-state index is 0.873. The second kappa shape index (κ2) is 6.44. The molecular formula is C13H18N4S. The minimum Gasteiger partial charge on any atom is -0.348 e. The zero-order chi connectivity index (χ0) is 12.8. The molecule has 0 unspecified atom stereocenters. The lowest BCUT2D eigenvalue weighted by molar-refractivity contribution is 0.847. The van der Waals surface area contributed by atoms with Crippen LogP contribution in [0.15, 0.2) is 24.3 Å². The van der Waals surface area contributed by atoms with Gasteiger partial charge in [0.15, 0.2) is 0 Å². The van der Waals surface area contributed by atoms with E-state index in [-0.39, 0.29) is 0 Å². The van der Waals surface area contributed by atoms with Crippen LogP contribution < -0.4 is 4.90 Å². The van der Waals surface area contributed by atoms with E-state index >= 15 is 0 Å². The summed E-state index contributed by atoms with van der Waals surface area (Å²) in [5, 5.41) is 8.43. The maximum absolute atomic E-state index is 3.95. The number of anilines is 1. The first-order valence-corrected chi connectivity index (χ1v) is 7.01. The van der Waals surface area contributed by atoms with Crippen LogP contribution in [0.3, 0.4) is 0 Å². The fourth-order valence-electron chi connectivity index (χ4n) is 1.83. The molecule has 96 valence electrons. The van der Waals surface area contributed by atoms with Crippen LogP contribution in [0.1, 0.15) is 24.5 Å². The Bertz CT molecular complexity index is 452. The Morgan fingerprint density at radius 1 is 1.11 bits per heavy atom. The van der Waals surface area contributed by atoms with E-state index < -0.39 is 0 Å². The Kier molecular flexibility index (Phi) is 4.64. The van der Waals surface area contributed by atoms with Crippen LogP contribution in [0.5, 0.6) is 0 Å². The van der Waals surface area contributed by atoms with Gasteiger partial charge >= 0.3 is 0 Å². The molecule has 5 heteroatoms. The molecule has 0 radical (unpaired) electrons. The highest BCUT2D eigenvalue weighted by molar-refractivity contribution is 7.09. The van der Waals surface area contributed by atoms with E-state index in [0.29, 0.717) is 0 Å². The quantitative estimate of drug-likeness (QED) is 0.802. The number of benzene rings is 1. The average molecular weight is 262 g/mol. The lowest BCUT2D eigenvalue weighted by atomic mass is 10.1. The summed E-state index contributed by atoms with van der Waals surface area (Å²) in [6.07, 6.45) is 3.38. The molecule has 0 N–H and O–H groups in total. The summed E-state index contributed by atoms with van der Waals surface area (Å²) in [6.45, 7) is 3.14. The molecule has 0 aliphatic carbocycles. The normalized spacial score (nSPS) is 10.6. The lowest BCUT2D eigenvalue weighted by Gasteiger charge is -2.14. The van der Waals surface area contributed by atoms with Crippen molar-refractivity contribution in [2.45, 2.75) is 26.2 Å². The molecule has 0 bridgehead atoms. The van der Waals surface area contributed by atoms with Gasteiger partial charge in [-0.25, -0.2) is 0 Å². The largest absolute Gasteiger partial charge is 0.348 e. The van der Waals surface area contributed by atoms with Crippen molar-refractivity contribution in [3.8, 4) is 0 Å². The molecule has 0 amide bonds. The summed E-state index contributed by atoms with van der Waals surface area (Å²) < 4.78 is 3.77. The molecule has 2 aromatic rings. The minimum atomic E-state index is 0.873. The predicted octanol–water partition coefficient (Wildman–Crippen LogP) is 2.56. The van der Waals surface area contributed by atoms with Gasteiger partial charge in [0, 0.05) is 25.1 Å². The van der Waals surface area contributed by atoms with Gasteiger partial charge in [-0.1, -0.05) is 47.2 Å². The van der Waals surface area contributed by atoms with Gasteiger partial charge in [0.05, 0.1) is 0 Å². The fourth-order valence-corrected chi connectivity index (χ4v) is 2.28.